The van der Waals surface area contributed by atoms with Gasteiger partial charge in [-0.05, 0) is 55.3 Å². The van der Waals surface area contributed by atoms with E-state index in [-0.39, 0.29) is 6.03 Å². The first-order valence-corrected chi connectivity index (χ1v) is 10.9. The van der Waals surface area contributed by atoms with Crippen LogP contribution in [0.15, 0.2) is 48.8 Å². The number of rotatable bonds is 5. The van der Waals surface area contributed by atoms with Crippen molar-refractivity contribution < 1.29 is 14.3 Å². The number of benzene rings is 2. The van der Waals surface area contributed by atoms with Crippen LogP contribution in [0.4, 0.5) is 16.3 Å². The maximum Gasteiger partial charge on any atom is 0.321 e. The minimum absolute atomic E-state index is 0.0772. The predicted octanol–water partition coefficient (Wildman–Crippen LogP) is 4.13. The molecule has 4 rings (SSSR count). The summed E-state index contributed by atoms with van der Waals surface area (Å²) in [5, 5.41) is 3.01. The number of nitrogens with zero attached hydrogens (tertiary/aromatic N) is 4. The minimum atomic E-state index is -0.0772. The van der Waals surface area contributed by atoms with Crippen molar-refractivity contribution in [2.75, 3.05) is 50.6 Å². The second-order valence-corrected chi connectivity index (χ2v) is 8.03. The van der Waals surface area contributed by atoms with Gasteiger partial charge >= 0.3 is 6.03 Å². The molecule has 33 heavy (non-hydrogen) atoms. The maximum absolute atomic E-state index is 12.7. The number of amides is 2. The van der Waals surface area contributed by atoms with Gasteiger partial charge in [0.1, 0.15) is 12.1 Å². The molecule has 1 aliphatic rings. The first-order chi connectivity index (χ1) is 16.0. The number of aromatic nitrogens is 2. The number of urea groups is 1. The van der Waals surface area contributed by atoms with Crippen LogP contribution in [0.2, 0.25) is 0 Å². The third-order valence-electron chi connectivity index (χ3n) is 5.98. The molecule has 172 valence electrons. The van der Waals surface area contributed by atoms with Gasteiger partial charge in [-0.3, -0.25) is 0 Å². The number of hydrogen-bond donors (Lipinski definition) is 1. The summed E-state index contributed by atoms with van der Waals surface area (Å²) in [6.07, 6.45) is 1.57. The SMILES string of the molecule is COc1ccc(-c2cc(N3CCN(C(=O)Nc4ccc(C)c(C)c4)CC3)ncn2)cc1OC. The number of ether oxygens (including phenoxy) is 2. The van der Waals surface area contributed by atoms with E-state index in [2.05, 4.69) is 27.1 Å². The van der Waals surface area contributed by atoms with E-state index in [0.29, 0.717) is 37.7 Å². The van der Waals surface area contributed by atoms with E-state index in [0.717, 1.165) is 28.3 Å². The van der Waals surface area contributed by atoms with Crippen molar-refractivity contribution in [3.63, 3.8) is 0 Å². The molecule has 0 radical (unpaired) electrons. The molecule has 1 aliphatic heterocycles. The summed E-state index contributed by atoms with van der Waals surface area (Å²) in [5.41, 5.74) is 4.91. The Balaban J connectivity index is 1.41. The van der Waals surface area contributed by atoms with Crippen LogP contribution in [0.5, 0.6) is 11.5 Å². The topological polar surface area (TPSA) is 79.8 Å². The lowest BCUT2D eigenvalue weighted by Gasteiger charge is -2.35. The van der Waals surface area contributed by atoms with Gasteiger partial charge in [-0.1, -0.05) is 6.07 Å². The standard InChI is InChI=1S/C25H29N5O3/c1-17-5-7-20(13-18(17)2)28-25(31)30-11-9-29(10-12-30)24-15-21(26-16-27-24)19-6-8-22(32-3)23(14-19)33-4/h5-8,13-16H,9-12H2,1-4H3,(H,28,31). The predicted molar refractivity (Wildman–Crippen MR) is 129 cm³/mol. The van der Waals surface area contributed by atoms with Gasteiger partial charge in [-0.15, -0.1) is 0 Å². The zero-order valence-electron chi connectivity index (χ0n) is 19.5. The molecule has 2 amide bonds. The highest BCUT2D eigenvalue weighted by atomic mass is 16.5. The number of methoxy groups -OCH3 is 2. The monoisotopic (exact) mass is 447 g/mol. The van der Waals surface area contributed by atoms with E-state index in [1.165, 1.54) is 5.56 Å². The quantitative estimate of drug-likeness (QED) is 0.634. The van der Waals surface area contributed by atoms with Gasteiger partial charge in [0.2, 0.25) is 0 Å². The summed E-state index contributed by atoms with van der Waals surface area (Å²) < 4.78 is 10.7. The molecule has 1 N–H and O–H groups in total. The van der Waals surface area contributed by atoms with Gasteiger partial charge in [0, 0.05) is 43.5 Å². The highest BCUT2D eigenvalue weighted by Crippen LogP contribution is 2.32. The van der Waals surface area contributed by atoms with Gasteiger partial charge in [-0.2, -0.15) is 0 Å². The zero-order valence-corrected chi connectivity index (χ0v) is 19.5. The van der Waals surface area contributed by atoms with Crippen LogP contribution >= 0.6 is 0 Å². The Morgan fingerprint density at radius 2 is 1.64 bits per heavy atom. The van der Waals surface area contributed by atoms with Crippen molar-refractivity contribution in [3.8, 4) is 22.8 Å². The largest absolute Gasteiger partial charge is 0.493 e. The summed E-state index contributed by atoms with van der Waals surface area (Å²) in [6, 6.07) is 13.6. The second kappa shape index (κ2) is 9.77. The fraction of sp³-hybridized carbons (Fsp3) is 0.320. The van der Waals surface area contributed by atoms with Crippen molar-refractivity contribution in [3.05, 3.63) is 59.9 Å². The third-order valence-corrected chi connectivity index (χ3v) is 5.98. The summed E-state index contributed by atoms with van der Waals surface area (Å²) in [4.78, 5) is 25.6. The van der Waals surface area contributed by atoms with Crippen molar-refractivity contribution in [1.82, 2.24) is 14.9 Å². The molecule has 0 saturated carbocycles. The Bertz CT molecular complexity index is 1140. The van der Waals surface area contributed by atoms with E-state index in [4.69, 9.17) is 9.47 Å². The van der Waals surface area contributed by atoms with Crippen LogP contribution < -0.4 is 19.7 Å². The van der Waals surface area contributed by atoms with Gasteiger partial charge in [0.25, 0.3) is 0 Å². The highest BCUT2D eigenvalue weighted by Gasteiger charge is 2.22. The van der Waals surface area contributed by atoms with Crippen LogP contribution in [0.3, 0.4) is 0 Å². The van der Waals surface area contributed by atoms with Gasteiger partial charge in [-0.25, -0.2) is 14.8 Å². The molecule has 0 unspecified atom stereocenters. The van der Waals surface area contributed by atoms with Crippen molar-refractivity contribution in [1.29, 1.82) is 0 Å². The molecular formula is C25H29N5O3. The van der Waals surface area contributed by atoms with E-state index in [1.807, 2.05) is 54.3 Å². The first-order valence-electron chi connectivity index (χ1n) is 10.9. The van der Waals surface area contributed by atoms with Crippen LogP contribution in [0, 0.1) is 13.8 Å². The van der Waals surface area contributed by atoms with Crippen molar-refractivity contribution >= 4 is 17.5 Å². The van der Waals surface area contributed by atoms with Crippen molar-refractivity contribution in [2.24, 2.45) is 0 Å². The normalized spacial score (nSPS) is 13.6. The van der Waals surface area contributed by atoms with Gasteiger partial charge in [0.15, 0.2) is 11.5 Å². The van der Waals surface area contributed by atoms with Crippen LogP contribution in [-0.2, 0) is 0 Å². The number of aryl methyl sites for hydroxylation is 2. The van der Waals surface area contributed by atoms with Crippen LogP contribution in [0.25, 0.3) is 11.3 Å². The average molecular weight is 448 g/mol. The lowest BCUT2D eigenvalue weighted by atomic mass is 10.1. The highest BCUT2D eigenvalue weighted by molar-refractivity contribution is 5.89. The maximum atomic E-state index is 12.7. The molecule has 1 fully saturated rings. The Morgan fingerprint density at radius 1 is 0.879 bits per heavy atom. The number of anilines is 2. The molecular weight excluding hydrogens is 418 g/mol. The van der Waals surface area contributed by atoms with E-state index >= 15 is 0 Å². The summed E-state index contributed by atoms with van der Waals surface area (Å²) in [7, 11) is 3.23. The number of piperazine rings is 1. The molecule has 0 aliphatic carbocycles. The summed E-state index contributed by atoms with van der Waals surface area (Å²) >= 11 is 0. The van der Waals surface area contributed by atoms with E-state index in [9.17, 15) is 4.79 Å². The number of hydrogen-bond acceptors (Lipinski definition) is 6. The molecule has 0 bridgehead atoms. The molecule has 1 aromatic heterocycles. The number of carbonyl (C=O) groups is 1. The third kappa shape index (κ3) is 5.00. The Labute approximate surface area is 194 Å². The molecule has 8 nitrogen and oxygen atoms in total. The first kappa shape index (κ1) is 22.4. The van der Waals surface area contributed by atoms with Gasteiger partial charge < -0.3 is 24.6 Å². The zero-order chi connectivity index (χ0) is 23.4. The molecule has 0 atom stereocenters. The molecule has 0 spiro atoms. The van der Waals surface area contributed by atoms with Crippen LogP contribution in [-0.4, -0.2) is 61.3 Å². The molecule has 3 aromatic rings. The lowest BCUT2D eigenvalue weighted by molar-refractivity contribution is 0.208. The number of carbonyl (C=O) groups excluding carboxylic acids is 1. The fourth-order valence-electron chi connectivity index (χ4n) is 3.83. The molecule has 2 heterocycles. The number of nitrogens with one attached hydrogen (secondary N) is 1. The molecule has 8 heteroatoms. The van der Waals surface area contributed by atoms with E-state index < -0.39 is 0 Å². The van der Waals surface area contributed by atoms with Gasteiger partial charge in [0.05, 0.1) is 19.9 Å². The van der Waals surface area contributed by atoms with E-state index in [1.54, 1.807) is 20.5 Å². The van der Waals surface area contributed by atoms with Crippen LogP contribution in [0.1, 0.15) is 11.1 Å². The smallest absolute Gasteiger partial charge is 0.321 e. The molecule has 1 saturated heterocycles. The Hall–Kier alpha value is -3.81. The summed E-state index contributed by atoms with van der Waals surface area (Å²) in [5.74, 6) is 2.16. The summed E-state index contributed by atoms with van der Waals surface area (Å²) in [6.45, 7) is 6.73. The Morgan fingerprint density at radius 3 is 2.33 bits per heavy atom. The average Bonchev–Trinajstić information content (AvgIpc) is 2.86. The molecule has 2 aromatic carbocycles. The lowest BCUT2D eigenvalue weighted by Crippen LogP contribution is -2.50. The van der Waals surface area contributed by atoms with Crippen molar-refractivity contribution in [2.45, 2.75) is 13.8 Å². The fourth-order valence-corrected chi connectivity index (χ4v) is 3.83. The second-order valence-electron chi connectivity index (χ2n) is 8.03. The Kier molecular flexibility index (Phi) is 6.63. The minimum Gasteiger partial charge on any atom is -0.493 e.